The molecule has 0 aromatic heterocycles. The van der Waals surface area contributed by atoms with E-state index in [1.807, 2.05) is 33.8 Å². The molecule has 2 aromatic carbocycles. The molecule has 7 N–H and O–H groups in total. The number of ketones is 2. The van der Waals surface area contributed by atoms with Gasteiger partial charge in [0.25, 0.3) is 11.8 Å². The van der Waals surface area contributed by atoms with Gasteiger partial charge in [-0.15, -0.1) is 0 Å². The van der Waals surface area contributed by atoms with E-state index in [1.54, 1.807) is 93.1 Å². The van der Waals surface area contributed by atoms with E-state index in [9.17, 15) is 62.6 Å². The molecule has 0 aliphatic carbocycles. The molecule has 0 spiro atoms. The van der Waals surface area contributed by atoms with Crippen LogP contribution in [0.3, 0.4) is 0 Å². The fourth-order valence-electron chi connectivity index (χ4n) is 11.9. The van der Waals surface area contributed by atoms with Gasteiger partial charge in [0.2, 0.25) is 29.5 Å². The van der Waals surface area contributed by atoms with Gasteiger partial charge >= 0.3 is 18.1 Å². The number of primary amides is 1. The van der Waals surface area contributed by atoms with E-state index >= 15 is 0 Å². The van der Waals surface area contributed by atoms with Gasteiger partial charge in [0.1, 0.15) is 12.6 Å². The van der Waals surface area contributed by atoms with Crippen molar-refractivity contribution in [2.45, 2.75) is 194 Å². The predicted molar refractivity (Wildman–Crippen MR) is 347 cm³/mol. The number of hydrogen-bond acceptors (Lipinski definition) is 15. The number of imide groups is 1. The second-order valence-electron chi connectivity index (χ2n) is 25.3. The number of carboxylic acid groups (broad SMARTS) is 1. The van der Waals surface area contributed by atoms with Crippen LogP contribution in [-0.4, -0.2) is 186 Å². The quantitative estimate of drug-likeness (QED) is 0.0313. The molecule has 25 nitrogen and oxygen atoms in total. The van der Waals surface area contributed by atoms with Crippen LogP contribution in [0.25, 0.3) is 0 Å². The van der Waals surface area contributed by atoms with Crippen molar-refractivity contribution < 1.29 is 76.9 Å². The Balaban J connectivity index is 1.35. The number of nitrogens with two attached hydrogens (primary N) is 1. The van der Waals surface area contributed by atoms with Crippen molar-refractivity contribution >= 4 is 76.7 Å². The second kappa shape index (κ2) is 37.6. The number of nitrogens with zero attached hydrogens (tertiary/aromatic N) is 4. The molecule has 0 saturated carbocycles. The van der Waals surface area contributed by atoms with E-state index in [0.717, 1.165) is 10.5 Å². The third-order valence-electron chi connectivity index (χ3n) is 18.2. The van der Waals surface area contributed by atoms with Crippen molar-refractivity contribution in [3.8, 4) is 0 Å². The Kier molecular flexibility index (Phi) is 31.3. The largest absolute Gasteiger partial charge is 0.480 e. The number of benzene rings is 2. The molecule has 4 rings (SSSR count). The maximum absolute atomic E-state index is 14.8. The first-order valence-electron chi connectivity index (χ1n) is 32.4. The monoisotopic (exact) mass is 1300 g/mol. The Bertz CT molecular complexity index is 2900. The molecule has 25 heteroatoms. The molecule has 10 amide bonds. The lowest BCUT2D eigenvalue weighted by atomic mass is 9.82. The number of ether oxygens (including phenoxy) is 3. The first kappa shape index (κ1) is 77.4. The number of unbranched alkanes of at least 4 members (excludes halogenated alkanes) is 2. The number of rotatable bonds is 40. The SMILES string of the molecule is CC[C@H](NC(=O)CCCCCN1C(=O)C=CC1=O)C(=O)C[C@@H](CCCNC(N)=O)C(=O)Nc1ccc(COC(=O)N(C)C(C)(C)C(=O)C[C@H](C(=O)N(C)[C@@H]([C@@H](C)CC)[C@@H](CC(=O)N2CCC[C@H]2[C@H](OC)[C@@H](C)C(=O)N[C@@H](Cc2ccccc2)C(=O)O)OC)C(C)C)cc1. The Morgan fingerprint density at radius 1 is 0.774 bits per heavy atom. The minimum Gasteiger partial charge on any atom is -0.480 e. The van der Waals surface area contributed by atoms with Crippen LogP contribution in [0.5, 0.6) is 0 Å². The number of carboxylic acids is 1. The van der Waals surface area contributed by atoms with Crippen molar-refractivity contribution in [1.29, 1.82) is 0 Å². The van der Waals surface area contributed by atoms with E-state index in [1.165, 1.54) is 38.3 Å². The Morgan fingerprint density at radius 2 is 1.43 bits per heavy atom. The summed E-state index contributed by atoms with van der Waals surface area (Å²) in [5.41, 5.74) is 5.45. The number of anilines is 1. The minimum absolute atomic E-state index is 0.0800. The van der Waals surface area contributed by atoms with Gasteiger partial charge in [-0.1, -0.05) is 96.8 Å². The number of hydrogen-bond donors (Lipinski definition) is 6. The molecule has 1 saturated heterocycles. The fraction of sp³-hybridized carbons (Fsp3) is 0.618. The summed E-state index contributed by atoms with van der Waals surface area (Å²) in [5.74, 6) is -7.67. The third-order valence-corrected chi connectivity index (χ3v) is 18.2. The van der Waals surface area contributed by atoms with Crippen LogP contribution in [0.15, 0.2) is 66.7 Å². The van der Waals surface area contributed by atoms with Crippen molar-refractivity contribution in [2.75, 3.05) is 53.3 Å². The summed E-state index contributed by atoms with van der Waals surface area (Å²) in [5, 5.41) is 20.8. The Hall–Kier alpha value is -8.06. The van der Waals surface area contributed by atoms with Gasteiger partial charge in [-0.2, -0.15) is 0 Å². The van der Waals surface area contributed by atoms with Crippen molar-refractivity contribution in [2.24, 2.45) is 35.3 Å². The van der Waals surface area contributed by atoms with Crippen LogP contribution in [0, 0.1) is 29.6 Å². The summed E-state index contributed by atoms with van der Waals surface area (Å²) in [4.78, 5) is 164. The number of likely N-dealkylation sites (tertiary alicyclic amines) is 1. The third kappa shape index (κ3) is 22.9. The second-order valence-corrected chi connectivity index (χ2v) is 25.3. The highest BCUT2D eigenvalue weighted by molar-refractivity contribution is 6.12. The summed E-state index contributed by atoms with van der Waals surface area (Å²) in [6, 6.07) is 11.5. The first-order valence-corrected chi connectivity index (χ1v) is 32.4. The van der Waals surface area contributed by atoms with Crippen LogP contribution >= 0.6 is 0 Å². The summed E-state index contributed by atoms with van der Waals surface area (Å²) < 4.78 is 17.7. The van der Waals surface area contributed by atoms with Crippen LogP contribution in [0.1, 0.15) is 150 Å². The van der Waals surface area contributed by atoms with E-state index in [-0.39, 0.29) is 112 Å². The smallest absolute Gasteiger partial charge is 0.410 e. The molecule has 93 heavy (non-hydrogen) atoms. The predicted octanol–water partition coefficient (Wildman–Crippen LogP) is 6.34. The Labute approximate surface area is 547 Å². The molecule has 2 aromatic rings. The number of methoxy groups -OCH3 is 2. The van der Waals surface area contributed by atoms with Gasteiger partial charge in [0.15, 0.2) is 11.6 Å². The van der Waals surface area contributed by atoms with E-state index < -0.39 is 95.4 Å². The lowest BCUT2D eigenvalue weighted by Gasteiger charge is -2.41. The van der Waals surface area contributed by atoms with E-state index in [2.05, 4.69) is 21.3 Å². The summed E-state index contributed by atoms with van der Waals surface area (Å²) in [7, 11) is 6.03. The van der Waals surface area contributed by atoms with Gasteiger partial charge in [0, 0.05) is 103 Å². The number of urea groups is 1. The highest BCUT2D eigenvalue weighted by Crippen LogP contribution is 2.32. The topological polar surface area (TPSA) is 340 Å². The van der Waals surface area contributed by atoms with E-state index in [4.69, 9.17) is 19.9 Å². The molecule has 2 aliphatic rings. The average molecular weight is 1300 g/mol. The van der Waals surface area contributed by atoms with Crippen LogP contribution < -0.4 is 27.0 Å². The summed E-state index contributed by atoms with van der Waals surface area (Å²) in [6.45, 7) is 14.7. The number of Topliss-reactive ketones (excluding diaryl/α,β-unsaturated/α-hetero) is 2. The lowest BCUT2D eigenvalue weighted by molar-refractivity contribution is -0.149. The number of carbonyl (C=O) groups excluding carboxylic acids is 11. The van der Waals surface area contributed by atoms with Crippen molar-refractivity contribution in [3.05, 3.63) is 77.9 Å². The van der Waals surface area contributed by atoms with Crippen LogP contribution in [0.4, 0.5) is 15.3 Å². The van der Waals surface area contributed by atoms with Gasteiger partial charge in [-0.05, 0) is 93.9 Å². The lowest BCUT2D eigenvalue weighted by Crippen LogP contribution is -2.55. The van der Waals surface area contributed by atoms with Gasteiger partial charge in [-0.25, -0.2) is 14.4 Å². The fourth-order valence-corrected chi connectivity index (χ4v) is 11.9. The number of carbonyl (C=O) groups is 12. The Morgan fingerprint density at radius 3 is 2.01 bits per heavy atom. The maximum atomic E-state index is 14.8. The molecule has 0 unspecified atom stereocenters. The zero-order chi connectivity index (χ0) is 69.3. The summed E-state index contributed by atoms with van der Waals surface area (Å²) in [6.07, 6.45) is 3.84. The zero-order valence-corrected chi connectivity index (χ0v) is 56.4. The number of aliphatic carboxylic acids is 1. The van der Waals surface area contributed by atoms with Crippen LogP contribution in [0.2, 0.25) is 0 Å². The van der Waals surface area contributed by atoms with Crippen LogP contribution in [-0.2, 0) is 75.2 Å². The minimum atomic E-state index is -1.45. The molecule has 0 radical (unpaired) electrons. The number of nitrogens with one attached hydrogen (secondary N) is 4. The molecular weight excluding hydrogens is 1200 g/mol. The van der Waals surface area contributed by atoms with Gasteiger partial charge in [0.05, 0.1) is 48.2 Å². The highest BCUT2D eigenvalue weighted by Gasteiger charge is 2.45. The first-order chi connectivity index (χ1) is 44.0. The molecule has 10 atom stereocenters. The molecule has 2 aliphatic heterocycles. The van der Waals surface area contributed by atoms with Gasteiger partial charge < -0.3 is 56.1 Å². The average Bonchev–Trinajstić information content (AvgIpc) is 1.63. The highest BCUT2D eigenvalue weighted by atomic mass is 16.6. The number of amides is 10. The van der Waals surface area contributed by atoms with Crippen molar-refractivity contribution in [1.82, 2.24) is 35.6 Å². The van der Waals surface area contributed by atoms with Gasteiger partial charge in [-0.3, -0.25) is 53.0 Å². The maximum Gasteiger partial charge on any atom is 0.410 e. The standard InChI is InChI=1S/C68H101N9O16/c1-13-43(5)60(54(91-11)40-59(83)76-36-22-26-52(76)61(92-12)44(6)62(84)73-51(65(87)88)37-45-23-17-15-18-24-45)74(9)64(86)49(42(3)4)39-55(79)68(7,8)75(10)67(90)93-41-46-28-30-48(31-29-46)71-63(85)47(25-21-34-70-66(69)89)38-53(78)50(14-2)72-56(80)27-19-16-20-35-77-57(81)32-33-58(77)82/h15,17-18,23-24,28-33,42-44,47,49-52,54,60-61H,13-14,16,19-22,25-27,34-41H2,1-12H3,(H,71,85)(H,72,80)(H,73,84)(H,87,88)(H3,69,70,89)/t43-,44+,47+,49-,50-,51-,52-,54+,60-,61+/m0/s1. The summed E-state index contributed by atoms with van der Waals surface area (Å²) >= 11 is 0. The zero-order valence-electron chi connectivity index (χ0n) is 56.4. The normalized spacial score (nSPS) is 16.8. The van der Waals surface area contributed by atoms with E-state index in [0.29, 0.717) is 62.7 Å². The molecule has 514 valence electrons. The molecular formula is C68H101N9O16. The number of likely N-dealkylation sites (N-methyl/N-ethyl adjacent to an activating group) is 2. The molecule has 0 bridgehead atoms. The molecule has 1 fully saturated rings. The molecule has 2 heterocycles. The van der Waals surface area contributed by atoms with Crippen molar-refractivity contribution in [3.63, 3.8) is 0 Å².